The molecule has 1 spiro atoms. The fourth-order valence-electron chi connectivity index (χ4n) is 6.25. The maximum Gasteiger partial charge on any atom is 0.357 e. The van der Waals surface area contributed by atoms with E-state index in [2.05, 4.69) is 20.0 Å². The third-order valence-corrected chi connectivity index (χ3v) is 9.99. The maximum atomic E-state index is 13.4. The van der Waals surface area contributed by atoms with Crippen molar-refractivity contribution in [1.82, 2.24) is 19.7 Å². The van der Waals surface area contributed by atoms with Gasteiger partial charge in [-0.2, -0.15) is 15.1 Å². The minimum absolute atomic E-state index is 0.0353. The predicted molar refractivity (Wildman–Crippen MR) is 156 cm³/mol. The number of hydrogen-bond acceptors (Lipinski definition) is 9. The molecule has 0 aromatic carbocycles. The zero-order valence-electron chi connectivity index (χ0n) is 24.8. The van der Waals surface area contributed by atoms with Gasteiger partial charge in [0.1, 0.15) is 12.2 Å². The third-order valence-electron chi connectivity index (χ3n) is 7.67. The van der Waals surface area contributed by atoms with Crippen LogP contribution in [0.3, 0.4) is 0 Å². The fourth-order valence-corrected chi connectivity index (χ4v) is 8.55. The van der Waals surface area contributed by atoms with Crippen LogP contribution in [0.4, 0.5) is 5.82 Å². The number of hydrogen-bond donors (Lipinski definition) is 0. The van der Waals surface area contributed by atoms with Crippen LogP contribution >= 0.6 is 19.2 Å². The Bertz CT molecular complexity index is 1210. The van der Waals surface area contributed by atoms with Crippen LogP contribution in [0.25, 0.3) is 11.0 Å². The summed E-state index contributed by atoms with van der Waals surface area (Å²) in [5.41, 5.74) is -0.0592. The minimum Gasteiger partial charge on any atom is -0.371 e. The van der Waals surface area contributed by atoms with E-state index in [0.29, 0.717) is 18.6 Å². The number of anilines is 1. The quantitative estimate of drug-likeness (QED) is 0.234. The summed E-state index contributed by atoms with van der Waals surface area (Å²) in [6.45, 7) is 14.1. The third kappa shape index (κ3) is 7.37. The van der Waals surface area contributed by atoms with E-state index in [-0.39, 0.29) is 23.8 Å². The van der Waals surface area contributed by atoms with Gasteiger partial charge >= 0.3 is 7.60 Å². The molecule has 0 amide bonds. The van der Waals surface area contributed by atoms with E-state index in [1.807, 2.05) is 52.4 Å². The van der Waals surface area contributed by atoms with E-state index >= 15 is 0 Å². The summed E-state index contributed by atoms with van der Waals surface area (Å²) >= 11 is 6.39. The van der Waals surface area contributed by atoms with Gasteiger partial charge in [-0.25, -0.2) is 4.68 Å². The first-order chi connectivity index (χ1) is 18.7. The van der Waals surface area contributed by atoms with Crippen LogP contribution in [0.5, 0.6) is 0 Å². The normalized spacial score (nSPS) is 23.7. The van der Waals surface area contributed by atoms with Crippen LogP contribution < -0.4 is 4.90 Å². The standard InChI is InChI=1S/C28H45ClN5O5P/c1-26(2,3)38-40(35,39-27(4,5)6)19-36-16-21-11-10-20(37-21)15-34-24-22(14-30-34)23(31-25(29)32-24)33-17-28(18-33)12-8-7-9-13-28/h14,20-21H,7-13,15-19H2,1-6H3/t20-,21-/m0/s1. The van der Waals surface area contributed by atoms with Crippen molar-refractivity contribution in [3.63, 3.8) is 0 Å². The van der Waals surface area contributed by atoms with E-state index in [0.717, 1.165) is 42.8 Å². The molecule has 4 heterocycles. The number of aromatic nitrogens is 4. The van der Waals surface area contributed by atoms with Gasteiger partial charge < -0.3 is 23.4 Å². The Labute approximate surface area is 243 Å². The molecule has 1 saturated carbocycles. The summed E-state index contributed by atoms with van der Waals surface area (Å²) in [6, 6.07) is 0. The number of ether oxygens (including phenoxy) is 2. The van der Waals surface area contributed by atoms with Crippen LogP contribution in [0.1, 0.15) is 86.5 Å². The molecule has 2 saturated heterocycles. The lowest BCUT2D eigenvalue weighted by Gasteiger charge is -2.53. The fraction of sp³-hybridized carbons (Fsp3) is 0.821. The summed E-state index contributed by atoms with van der Waals surface area (Å²) in [4.78, 5) is 11.4. The zero-order chi connectivity index (χ0) is 28.8. The van der Waals surface area contributed by atoms with Crippen molar-refractivity contribution in [2.75, 3.05) is 30.9 Å². The maximum absolute atomic E-state index is 13.4. The highest BCUT2D eigenvalue weighted by atomic mass is 35.5. The van der Waals surface area contributed by atoms with Gasteiger partial charge in [0.05, 0.1) is 48.1 Å². The van der Waals surface area contributed by atoms with Crippen molar-refractivity contribution in [3.05, 3.63) is 11.5 Å². The smallest absolute Gasteiger partial charge is 0.357 e. The Morgan fingerprint density at radius 3 is 2.33 bits per heavy atom. The molecule has 0 bridgehead atoms. The van der Waals surface area contributed by atoms with Gasteiger partial charge in [0, 0.05) is 18.5 Å². The number of fused-ring (bicyclic) bond motifs is 1. The molecule has 224 valence electrons. The second kappa shape index (κ2) is 11.4. The van der Waals surface area contributed by atoms with Crippen molar-refractivity contribution < 1.29 is 23.1 Å². The zero-order valence-corrected chi connectivity index (χ0v) is 26.5. The predicted octanol–water partition coefficient (Wildman–Crippen LogP) is 6.60. The first-order valence-electron chi connectivity index (χ1n) is 14.6. The van der Waals surface area contributed by atoms with Gasteiger partial charge in [-0.3, -0.25) is 4.57 Å². The largest absolute Gasteiger partial charge is 0.371 e. The molecule has 0 N–H and O–H groups in total. The van der Waals surface area contributed by atoms with Gasteiger partial charge in [0.2, 0.25) is 5.28 Å². The van der Waals surface area contributed by atoms with Gasteiger partial charge in [0.25, 0.3) is 0 Å². The van der Waals surface area contributed by atoms with E-state index < -0.39 is 18.8 Å². The highest BCUT2D eigenvalue weighted by molar-refractivity contribution is 7.53. The van der Waals surface area contributed by atoms with Crippen molar-refractivity contribution in [1.29, 1.82) is 0 Å². The lowest BCUT2D eigenvalue weighted by molar-refractivity contribution is -0.0210. The molecule has 1 aliphatic carbocycles. The molecule has 2 aliphatic heterocycles. The average molecular weight is 598 g/mol. The molecule has 10 nitrogen and oxygen atoms in total. The summed E-state index contributed by atoms with van der Waals surface area (Å²) in [6.07, 6.45) is 9.91. The molecule has 3 fully saturated rings. The van der Waals surface area contributed by atoms with Crippen LogP contribution in [0, 0.1) is 5.41 Å². The van der Waals surface area contributed by atoms with Gasteiger partial charge in [0.15, 0.2) is 5.65 Å². The van der Waals surface area contributed by atoms with E-state index in [1.54, 1.807) is 0 Å². The highest BCUT2D eigenvalue weighted by Gasteiger charge is 2.44. The molecule has 0 radical (unpaired) electrons. The van der Waals surface area contributed by atoms with Crippen molar-refractivity contribution in [3.8, 4) is 0 Å². The van der Waals surface area contributed by atoms with Gasteiger partial charge in [-0.15, -0.1) is 0 Å². The molecule has 0 unspecified atom stereocenters. The molecular formula is C28H45ClN5O5P. The Morgan fingerprint density at radius 2 is 1.68 bits per heavy atom. The van der Waals surface area contributed by atoms with Crippen LogP contribution in [-0.2, 0) is 29.6 Å². The molecule has 2 aromatic rings. The van der Waals surface area contributed by atoms with Crippen LogP contribution in [-0.4, -0.2) is 69.2 Å². The van der Waals surface area contributed by atoms with Gasteiger partial charge in [-0.05, 0) is 78.8 Å². The van der Waals surface area contributed by atoms with E-state index in [1.165, 1.54) is 32.1 Å². The Morgan fingerprint density at radius 1 is 1.02 bits per heavy atom. The van der Waals surface area contributed by atoms with Crippen molar-refractivity contribution in [2.45, 2.75) is 116 Å². The molecule has 5 rings (SSSR count). The lowest BCUT2D eigenvalue weighted by Crippen LogP contribution is -2.57. The summed E-state index contributed by atoms with van der Waals surface area (Å²) < 4.78 is 39.0. The number of rotatable bonds is 9. The second-order valence-corrected chi connectivity index (χ2v) is 16.0. The Hall–Kier alpha value is -1.29. The first kappa shape index (κ1) is 30.2. The van der Waals surface area contributed by atoms with Crippen molar-refractivity contribution >= 4 is 36.0 Å². The summed E-state index contributed by atoms with van der Waals surface area (Å²) in [7, 11) is -3.46. The molecule has 2 atom stereocenters. The van der Waals surface area contributed by atoms with E-state index in [4.69, 9.17) is 30.1 Å². The summed E-state index contributed by atoms with van der Waals surface area (Å²) in [5, 5.41) is 5.81. The highest BCUT2D eigenvalue weighted by Crippen LogP contribution is 2.54. The lowest BCUT2D eigenvalue weighted by atomic mass is 9.68. The molecular weight excluding hydrogens is 553 g/mol. The monoisotopic (exact) mass is 597 g/mol. The van der Waals surface area contributed by atoms with Crippen LogP contribution in [0.15, 0.2) is 6.20 Å². The number of halogens is 1. The topological polar surface area (TPSA) is 101 Å². The van der Waals surface area contributed by atoms with Gasteiger partial charge in [-0.1, -0.05) is 19.3 Å². The molecule has 40 heavy (non-hydrogen) atoms. The molecule has 3 aliphatic rings. The molecule has 2 aromatic heterocycles. The first-order valence-corrected chi connectivity index (χ1v) is 16.7. The van der Waals surface area contributed by atoms with Crippen LogP contribution in [0.2, 0.25) is 5.28 Å². The Kier molecular flexibility index (Phi) is 8.62. The van der Waals surface area contributed by atoms with E-state index in [9.17, 15) is 4.57 Å². The second-order valence-electron chi connectivity index (χ2n) is 13.8. The SMILES string of the molecule is CC(C)(C)OP(=O)(COC[C@@H]1CC[C@@H](Cn2ncc3c(N4CC5(CCCCC5)C4)nc(Cl)nc32)O1)OC(C)(C)C. The number of nitrogens with zero attached hydrogens (tertiary/aromatic N) is 5. The average Bonchev–Trinajstić information content (AvgIpc) is 3.42. The van der Waals surface area contributed by atoms with Crippen molar-refractivity contribution in [2.24, 2.45) is 5.41 Å². The molecule has 12 heteroatoms. The summed E-state index contributed by atoms with van der Waals surface area (Å²) in [5.74, 6) is 0.885. The minimum atomic E-state index is -3.46. The Balaban J connectivity index is 1.17.